The summed E-state index contributed by atoms with van der Waals surface area (Å²) >= 11 is 1.60. The minimum Gasteiger partial charge on any atom is -0.462 e. The highest BCUT2D eigenvalue weighted by molar-refractivity contribution is 7.12. The number of ketones is 1. The van der Waals surface area contributed by atoms with Gasteiger partial charge in [-0.15, -0.1) is 11.3 Å². The fourth-order valence-electron chi connectivity index (χ4n) is 3.19. The van der Waals surface area contributed by atoms with Gasteiger partial charge in [0.15, 0.2) is 5.78 Å². The highest BCUT2D eigenvalue weighted by atomic mass is 32.1. The number of esters is 1. The van der Waals surface area contributed by atoms with Crippen molar-refractivity contribution in [3.8, 4) is 0 Å². The molecule has 1 aromatic heterocycles. The SMILES string of the molecule is CCOC(=O)C1=C(N)OC2=C(C(=O)CCC2)[C@H]1c1ccc(CC)s1. The lowest BCUT2D eigenvalue weighted by Gasteiger charge is -2.31. The number of aryl methyl sites for hydroxylation is 1. The van der Waals surface area contributed by atoms with Crippen LogP contribution in [0.25, 0.3) is 0 Å². The van der Waals surface area contributed by atoms with E-state index in [4.69, 9.17) is 15.2 Å². The molecule has 2 aliphatic rings. The van der Waals surface area contributed by atoms with Crippen molar-refractivity contribution in [1.82, 2.24) is 0 Å². The van der Waals surface area contributed by atoms with Crippen LogP contribution >= 0.6 is 11.3 Å². The summed E-state index contributed by atoms with van der Waals surface area (Å²) in [6, 6.07) is 4.00. The average molecular weight is 347 g/mol. The highest BCUT2D eigenvalue weighted by Gasteiger charge is 2.41. The second-order valence-electron chi connectivity index (χ2n) is 5.80. The molecule has 2 heterocycles. The van der Waals surface area contributed by atoms with Crippen molar-refractivity contribution in [2.45, 2.75) is 45.4 Å². The zero-order valence-corrected chi connectivity index (χ0v) is 14.7. The largest absolute Gasteiger partial charge is 0.462 e. The molecule has 6 heteroatoms. The van der Waals surface area contributed by atoms with Crippen molar-refractivity contribution in [2.24, 2.45) is 5.73 Å². The van der Waals surface area contributed by atoms with Crippen LogP contribution in [0.15, 0.2) is 34.9 Å². The summed E-state index contributed by atoms with van der Waals surface area (Å²) < 4.78 is 10.8. The summed E-state index contributed by atoms with van der Waals surface area (Å²) in [4.78, 5) is 27.2. The lowest BCUT2D eigenvalue weighted by atomic mass is 9.80. The first-order valence-corrected chi connectivity index (χ1v) is 9.07. The third-order valence-corrected chi connectivity index (χ3v) is 5.59. The number of allylic oxidation sites excluding steroid dienone is 2. The Bertz CT molecular complexity index is 744. The minimum absolute atomic E-state index is 0.0296. The van der Waals surface area contributed by atoms with Gasteiger partial charge < -0.3 is 15.2 Å². The Morgan fingerprint density at radius 3 is 2.83 bits per heavy atom. The molecule has 128 valence electrons. The molecule has 0 unspecified atom stereocenters. The van der Waals surface area contributed by atoms with Crippen molar-refractivity contribution in [3.63, 3.8) is 0 Å². The van der Waals surface area contributed by atoms with E-state index in [1.165, 1.54) is 4.88 Å². The molecule has 0 radical (unpaired) electrons. The third-order valence-electron chi connectivity index (χ3n) is 4.30. The Kier molecular flexibility index (Phi) is 4.76. The van der Waals surface area contributed by atoms with Crippen LogP contribution in [-0.4, -0.2) is 18.4 Å². The second-order valence-corrected chi connectivity index (χ2v) is 7.00. The smallest absolute Gasteiger partial charge is 0.340 e. The van der Waals surface area contributed by atoms with Crippen LogP contribution in [0.5, 0.6) is 0 Å². The van der Waals surface area contributed by atoms with Gasteiger partial charge in [0.25, 0.3) is 0 Å². The van der Waals surface area contributed by atoms with Gasteiger partial charge in [0.05, 0.1) is 12.5 Å². The molecule has 3 rings (SSSR count). The number of thiophene rings is 1. The summed E-state index contributed by atoms with van der Waals surface area (Å²) in [5.41, 5.74) is 6.86. The van der Waals surface area contributed by atoms with Gasteiger partial charge in [0, 0.05) is 28.2 Å². The molecule has 2 N–H and O–H groups in total. The maximum absolute atomic E-state index is 12.6. The monoisotopic (exact) mass is 347 g/mol. The van der Waals surface area contributed by atoms with Gasteiger partial charge >= 0.3 is 5.97 Å². The lowest BCUT2D eigenvalue weighted by Crippen LogP contribution is -2.31. The van der Waals surface area contributed by atoms with E-state index < -0.39 is 11.9 Å². The predicted molar refractivity (Wildman–Crippen MR) is 91.3 cm³/mol. The van der Waals surface area contributed by atoms with E-state index in [1.807, 2.05) is 12.1 Å². The number of hydrogen-bond donors (Lipinski definition) is 1. The molecular formula is C18H21NO4S. The van der Waals surface area contributed by atoms with Gasteiger partial charge in [0.2, 0.25) is 5.88 Å². The fraction of sp³-hybridized carbons (Fsp3) is 0.444. The molecule has 0 saturated carbocycles. The molecule has 1 aromatic rings. The topological polar surface area (TPSA) is 78.6 Å². The predicted octanol–water partition coefficient (Wildman–Crippen LogP) is 3.16. The quantitative estimate of drug-likeness (QED) is 0.847. The average Bonchev–Trinajstić information content (AvgIpc) is 3.02. The van der Waals surface area contributed by atoms with Crippen LogP contribution in [0.4, 0.5) is 0 Å². The first-order valence-electron chi connectivity index (χ1n) is 8.26. The lowest BCUT2D eigenvalue weighted by molar-refractivity contribution is -0.139. The summed E-state index contributed by atoms with van der Waals surface area (Å²) in [5, 5.41) is 0. The molecule has 1 aliphatic heterocycles. The first kappa shape index (κ1) is 16.8. The van der Waals surface area contributed by atoms with Crippen molar-refractivity contribution in [1.29, 1.82) is 0 Å². The van der Waals surface area contributed by atoms with E-state index >= 15 is 0 Å². The zero-order chi connectivity index (χ0) is 17.3. The minimum atomic E-state index is -0.517. The van der Waals surface area contributed by atoms with Crippen molar-refractivity contribution >= 4 is 23.1 Å². The van der Waals surface area contributed by atoms with Crippen molar-refractivity contribution < 1.29 is 19.1 Å². The van der Waals surface area contributed by atoms with Gasteiger partial charge in [-0.2, -0.15) is 0 Å². The second kappa shape index (κ2) is 6.81. The van der Waals surface area contributed by atoms with Gasteiger partial charge in [-0.25, -0.2) is 4.79 Å². The normalized spacial score (nSPS) is 20.8. The van der Waals surface area contributed by atoms with E-state index in [9.17, 15) is 9.59 Å². The maximum atomic E-state index is 12.6. The van der Waals surface area contributed by atoms with Gasteiger partial charge in [-0.1, -0.05) is 6.92 Å². The molecule has 0 fully saturated rings. The van der Waals surface area contributed by atoms with Crippen LogP contribution in [0.1, 0.15) is 48.8 Å². The zero-order valence-electron chi connectivity index (χ0n) is 13.9. The molecule has 5 nitrogen and oxygen atoms in total. The molecule has 0 amide bonds. The first-order chi connectivity index (χ1) is 11.6. The number of Topliss-reactive ketones (excluding diaryl/α,β-unsaturated/α-hetero) is 1. The molecule has 1 atom stereocenters. The Morgan fingerprint density at radius 2 is 2.17 bits per heavy atom. The standard InChI is InChI=1S/C18H21NO4S/c1-3-10-8-9-13(24-10)15-14-11(20)6-5-7-12(14)23-17(19)16(15)18(21)22-4-2/h8-9,15H,3-7,19H2,1-2H3/t15-/m1/s1. The van der Waals surface area contributed by atoms with Crippen LogP contribution in [0.3, 0.4) is 0 Å². The van der Waals surface area contributed by atoms with E-state index in [0.29, 0.717) is 24.2 Å². The van der Waals surface area contributed by atoms with Crippen LogP contribution in [0, 0.1) is 0 Å². The number of nitrogens with two attached hydrogens (primary N) is 1. The van der Waals surface area contributed by atoms with Crippen molar-refractivity contribution in [3.05, 3.63) is 44.7 Å². The van der Waals surface area contributed by atoms with E-state index in [-0.39, 0.29) is 23.8 Å². The van der Waals surface area contributed by atoms with E-state index in [1.54, 1.807) is 18.3 Å². The summed E-state index contributed by atoms with van der Waals surface area (Å²) in [7, 11) is 0. The van der Waals surface area contributed by atoms with Crippen molar-refractivity contribution in [2.75, 3.05) is 6.61 Å². The Morgan fingerprint density at radius 1 is 1.38 bits per heavy atom. The molecule has 24 heavy (non-hydrogen) atoms. The number of ether oxygens (including phenoxy) is 2. The maximum Gasteiger partial charge on any atom is 0.340 e. The molecule has 0 aromatic carbocycles. The van der Waals surface area contributed by atoms with Crippen LogP contribution in [-0.2, 0) is 25.5 Å². The van der Waals surface area contributed by atoms with E-state index in [2.05, 4.69) is 6.92 Å². The summed E-state index contributed by atoms with van der Waals surface area (Å²) in [6.45, 7) is 4.06. The Hall–Kier alpha value is -2.08. The van der Waals surface area contributed by atoms with Crippen LogP contribution in [0.2, 0.25) is 0 Å². The summed E-state index contributed by atoms with van der Waals surface area (Å²) in [5.74, 6) is -0.309. The van der Waals surface area contributed by atoms with Gasteiger partial charge in [-0.3, -0.25) is 4.79 Å². The third kappa shape index (κ3) is 2.86. The number of hydrogen-bond acceptors (Lipinski definition) is 6. The van der Waals surface area contributed by atoms with Crippen LogP contribution < -0.4 is 5.73 Å². The van der Waals surface area contributed by atoms with E-state index in [0.717, 1.165) is 17.7 Å². The Labute approximate surface area is 145 Å². The Balaban J connectivity index is 2.13. The number of carbonyl (C=O) groups excluding carboxylic acids is 2. The highest BCUT2D eigenvalue weighted by Crippen LogP contribution is 2.45. The number of rotatable bonds is 4. The molecule has 0 spiro atoms. The van der Waals surface area contributed by atoms with Gasteiger partial charge in [0.1, 0.15) is 11.3 Å². The molecule has 1 aliphatic carbocycles. The molecule has 0 bridgehead atoms. The molecular weight excluding hydrogens is 326 g/mol. The number of carbonyl (C=O) groups is 2. The van der Waals surface area contributed by atoms with Gasteiger partial charge in [-0.05, 0) is 31.9 Å². The fourth-order valence-corrected chi connectivity index (χ4v) is 4.26. The molecule has 0 saturated heterocycles. The summed E-state index contributed by atoms with van der Waals surface area (Å²) in [6.07, 6.45) is 2.79.